The molecule has 0 saturated heterocycles. The first-order chi connectivity index (χ1) is 7.77. The zero-order valence-electron chi connectivity index (χ0n) is 10.8. The van der Waals surface area contributed by atoms with E-state index in [1.165, 1.54) is 12.8 Å². The standard InChI is InChI=1S/C13H27BrO2/c1-13(2)7-12-16-11-6-5-10-15-9-4-3-8-14/h13H,3-12H2,1-2H3. The van der Waals surface area contributed by atoms with Gasteiger partial charge in [-0.15, -0.1) is 0 Å². The lowest BCUT2D eigenvalue weighted by Crippen LogP contribution is -2.03. The average molecular weight is 295 g/mol. The van der Waals surface area contributed by atoms with Crippen LogP contribution in [-0.2, 0) is 9.47 Å². The van der Waals surface area contributed by atoms with Crippen LogP contribution in [0.3, 0.4) is 0 Å². The molecule has 98 valence electrons. The van der Waals surface area contributed by atoms with Crippen molar-refractivity contribution in [2.75, 3.05) is 31.8 Å². The third-order valence-corrected chi connectivity index (χ3v) is 2.90. The minimum Gasteiger partial charge on any atom is -0.381 e. The van der Waals surface area contributed by atoms with Crippen LogP contribution in [0.1, 0.15) is 46.0 Å². The number of ether oxygens (including phenoxy) is 2. The largest absolute Gasteiger partial charge is 0.381 e. The van der Waals surface area contributed by atoms with Gasteiger partial charge in [0.2, 0.25) is 0 Å². The van der Waals surface area contributed by atoms with E-state index in [1.807, 2.05) is 0 Å². The first-order valence-corrected chi connectivity index (χ1v) is 7.61. The Morgan fingerprint density at radius 3 is 1.81 bits per heavy atom. The van der Waals surface area contributed by atoms with Crippen molar-refractivity contribution in [2.24, 2.45) is 5.92 Å². The molecule has 0 spiro atoms. The van der Waals surface area contributed by atoms with E-state index in [0.717, 1.165) is 56.9 Å². The van der Waals surface area contributed by atoms with Gasteiger partial charge in [-0.05, 0) is 38.0 Å². The summed E-state index contributed by atoms with van der Waals surface area (Å²) in [5, 5.41) is 1.08. The lowest BCUT2D eigenvalue weighted by Gasteiger charge is -2.06. The average Bonchev–Trinajstić information content (AvgIpc) is 2.25. The predicted octanol–water partition coefficient (Wildman–Crippen LogP) is 4.02. The maximum atomic E-state index is 5.53. The molecule has 0 aliphatic carbocycles. The summed E-state index contributed by atoms with van der Waals surface area (Å²) in [6, 6.07) is 0. The van der Waals surface area contributed by atoms with E-state index in [0.29, 0.717) is 0 Å². The molecule has 0 atom stereocenters. The highest BCUT2D eigenvalue weighted by Gasteiger charge is 1.94. The molecule has 0 aromatic heterocycles. The van der Waals surface area contributed by atoms with Crippen LogP contribution in [-0.4, -0.2) is 31.8 Å². The second kappa shape index (κ2) is 13.5. The zero-order chi connectivity index (χ0) is 12.1. The quantitative estimate of drug-likeness (QED) is 0.400. The summed E-state index contributed by atoms with van der Waals surface area (Å²) in [6.07, 6.45) is 5.78. The van der Waals surface area contributed by atoms with Crippen LogP contribution in [0, 0.1) is 5.92 Å². The third kappa shape index (κ3) is 14.4. The molecule has 0 aliphatic rings. The van der Waals surface area contributed by atoms with Crippen LogP contribution in [0.2, 0.25) is 0 Å². The molecule has 0 saturated carbocycles. The van der Waals surface area contributed by atoms with Crippen molar-refractivity contribution in [3.63, 3.8) is 0 Å². The molecule has 16 heavy (non-hydrogen) atoms. The summed E-state index contributed by atoms with van der Waals surface area (Å²) in [5.41, 5.74) is 0. The summed E-state index contributed by atoms with van der Waals surface area (Å²) in [6.45, 7) is 8.03. The Hall–Kier alpha value is 0.400. The van der Waals surface area contributed by atoms with E-state index in [9.17, 15) is 0 Å². The highest BCUT2D eigenvalue weighted by Crippen LogP contribution is 2.00. The lowest BCUT2D eigenvalue weighted by atomic mass is 10.1. The minimum absolute atomic E-state index is 0.748. The zero-order valence-corrected chi connectivity index (χ0v) is 12.4. The summed E-state index contributed by atoms with van der Waals surface area (Å²) >= 11 is 3.41. The van der Waals surface area contributed by atoms with Crippen LogP contribution in [0.5, 0.6) is 0 Å². The fraction of sp³-hybridized carbons (Fsp3) is 1.00. The van der Waals surface area contributed by atoms with Gasteiger partial charge in [0.15, 0.2) is 0 Å². The monoisotopic (exact) mass is 294 g/mol. The van der Waals surface area contributed by atoms with Gasteiger partial charge in [-0.1, -0.05) is 29.8 Å². The van der Waals surface area contributed by atoms with Crippen LogP contribution >= 0.6 is 15.9 Å². The van der Waals surface area contributed by atoms with E-state index in [4.69, 9.17) is 9.47 Å². The molecule has 0 fully saturated rings. The summed E-state index contributed by atoms with van der Waals surface area (Å²) in [5.74, 6) is 0.748. The predicted molar refractivity (Wildman–Crippen MR) is 73.4 cm³/mol. The van der Waals surface area contributed by atoms with Crippen molar-refractivity contribution >= 4 is 15.9 Å². The molecule has 0 aliphatic heterocycles. The Labute approximate surface area is 109 Å². The Morgan fingerprint density at radius 2 is 1.31 bits per heavy atom. The Kier molecular flexibility index (Phi) is 13.8. The van der Waals surface area contributed by atoms with Crippen LogP contribution in [0.4, 0.5) is 0 Å². The van der Waals surface area contributed by atoms with Gasteiger partial charge in [-0.2, -0.15) is 0 Å². The van der Waals surface area contributed by atoms with E-state index in [-0.39, 0.29) is 0 Å². The van der Waals surface area contributed by atoms with Crippen LogP contribution in [0.15, 0.2) is 0 Å². The fourth-order valence-corrected chi connectivity index (χ4v) is 1.63. The molecule has 0 N–H and O–H groups in total. The Bertz CT molecular complexity index is 129. The second-order valence-electron chi connectivity index (χ2n) is 4.51. The Morgan fingerprint density at radius 1 is 0.812 bits per heavy atom. The van der Waals surface area contributed by atoms with Crippen LogP contribution < -0.4 is 0 Å². The summed E-state index contributed by atoms with van der Waals surface area (Å²) in [7, 11) is 0. The van der Waals surface area contributed by atoms with Gasteiger partial charge < -0.3 is 9.47 Å². The van der Waals surface area contributed by atoms with E-state index in [1.54, 1.807) is 0 Å². The van der Waals surface area contributed by atoms with Crippen molar-refractivity contribution < 1.29 is 9.47 Å². The van der Waals surface area contributed by atoms with Gasteiger partial charge >= 0.3 is 0 Å². The molecule has 0 radical (unpaired) electrons. The molecule has 0 rings (SSSR count). The first kappa shape index (κ1) is 16.4. The lowest BCUT2D eigenvalue weighted by molar-refractivity contribution is 0.0969. The van der Waals surface area contributed by atoms with Crippen molar-refractivity contribution in [2.45, 2.75) is 46.0 Å². The Balaban J connectivity index is 2.88. The highest BCUT2D eigenvalue weighted by molar-refractivity contribution is 9.09. The van der Waals surface area contributed by atoms with E-state index < -0.39 is 0 Å². The van der Waals surface area contributed by atoms with Crippen molar-refractivity contribution in [1.82, 2.24) is 0 Å². The van der Waals surface area contributed by atoms with Gasteiger partial charge in [-0.25, -0.2) is 0 Å². The SMILES string of the molecule is CC(C)CCOCCCCOCCCCBr. The van der Waals surface area contributed by atoms with Gasteiger partial charge in [0, 0.05) is 31.8 Å². The summed E-state index contributed by atoms with van der Waals surface area (Å²) < 4.78 is 11.0. The number of alkyl halides is 1. The molecule has 0 unspecified atom stereocenters. The van der Waals surface area contributed by atoms with Crippen molar-refractivity contribution in [1.29, 1.82) is 0 Å². The van der Waals surface area contributed by atoms with Crippen molar-refractivity contribution in [3.8, 4) is 0 Å². The van der Waals surface area contributed by atoms with Gasteiger partial charge in [0.25, 0.3) is 0 Å². The van der Waals surface area contributed by atoms with E-state index >= 15 is 0 Å². The molecule has 0 amide bonds. The maximum Gasteiger partial charge on any atom is 0.0468 e. The molecular formula is C13H27BrO2. The van der Waals surface area contributed by atoms with Crippen LogP contribution in [0.25, 0.3) is 0 Å². The molecule has 0 heterocycles. The smallest absolute Gasteiger partial charge is 0.0468 e. The topological polar surface area (TPSA) is 18.5 Å². The number of hydrogen-bond donors (Lipinski definition) is 0. The molecule has 2 nitrogen and oxygen atoms in total. The number of halogens is 1. The molecule has 0 bridgehead atoms. The number of hydrogen-bond acceptors (Lipinski definition) is 2. The highest BCUT2D eigenvalue weighted by atomic mass is 79.9. The molecule has 0 aromatic rings. The first-order valence-electron chi connectivity index (χ1n) is 6.48. The van der Waals surface area contributed by atoms with E-state index in [2.05, 4.69) is 29.8 Å². The molecule has 3 heteroatoms. The second-order valence-corrected chi connectivity index (χ2v) is 5.30. The maximum absolute atomic E-state index is 5.53. The summed E-state index contributed by atoms with van der Waals surface area (Å²) in [4.78, 5) is 0. The fourth-order valence-electron chi connectivity index (χ4n) is 1.23. The van der Waals surface area contributed by atoms with Gasteiger partial charge in [-0.3, -0.25) is 0 Å². The molecular weight excluding hydrogens is 268 g/mol. The minimum atomic E-state index is 0.748. The number of rotatable bonds is 12. The van der Waals surface area contributed by atoms with Crippen molar-refractivity contribution in [3.05, 3.63) is 0 Å². The number of unbranched alkanes of at least 4 members (excludes halogenated alkanes) is 2. The molecule has 0 aromatic carbocycles. The normalized spacial score (nSPS) is 11.2. The van der Waals surface area contributed by atoms with Gasteiger partial charge in [0.05, 0.1) is 0 Å². The third-order valence-electron chi connectivity index (χ3n) is 2.34. The van der Waals surface area contributed by atoms with Gasteiger partial charge in [0.1, 0.15) is 0 Å².